The van der Waals surface area contributed by atoms with Gasteiger partial charge in [0.25, 0.3) is 0 Å². The van der Waals surface area contributed by atoms with Crippen LogP contribution in [-0.4, -0.2) is 4.98 Å². The van der Waals surface area contributed by atoms with Crippen molar-refractivity contribution in [3.63, 3.8) is 0 Å². The van der Waals surface area contributed by atoms with E-state index in [4.69, 9.17) is 11.5 Å². The minimum Gasteiger partial charge on any atom is -0.384 e. The van der Waals surface area contributed by atoms with Gasteiger partial charge in [0.2, 0.25) is 0 Å². The number of azo groups is 2. The topological polar surface area (TPSA) is 114 Å². The Labute approximate surface area is 163 Å². The van der Waals surface area contributed by atoms with Gasteiger partial charge in [-0.15, -0.1) is 17.5 Å². The summed E-state index contributed by atoms with van der Waals surface area (Å²) in [6, 6.07) is 16.7. The zero-order chi connectivity index (χ0) is 18.5. The van der Waals surface area contributed by atoms with Gasteiger partial charge in [-0.3, -0.25) is 0 Å². The fourth-order valence-corrected chi connectivity index (χ4v) is 2.28. The number of nitrogen functional groups attached to an aromatic ring is 2. The maximum Gasteiger partial charge on any atom is 0.153 e. The number of benzene rings is 2. The fourth-order valence-electron chi connectivity index (χ4n) is 2.28. The first-order valence-electron chi connectivity index (χ1n) is 8.05. The standard InChI is InChI=1S/C19H19N7.ClH/c1-12-5-3-4-6-15(12)24-23-14-7-8-16(13(2)11-14)25-26-17-9-10-18(20)22-19(17)21;/h3-11H,1-2H3,(H4,20,21,22);1H. The predicted molar refractivity (Wildman–Crippen MR) is 111 cm³/mol. The first-order chi connectivity index (χ1) is 12.5. The van der Waals surface area contributed by atoms with Crippen LogP contribution >= 0.6 is 12.4 Å². The average molecular weight is 382 g/mol. The lowest BCUT2D eigenvalue weighted by molar-refractivity contribution is 1.17. The second kappa shape index (κ2) is 8.86. The van der Waals surface area contributed by atoms with Gasteiger partial charge in [0.05, 0.1) is 17.1 Å². The molecule has 0 unspecified atom stereocenters. The molecule has 2 aromatic carbocycles. The van der Waals surface area contributed by atoms with E-state index in [1.807, 2.05) is 56.3 Å². The van der Waals surface area contributed by atoms with Crippen molar-refractivity contribution in [3.8, 4) is 0 Å². The number of nitrogens with zero attached hydrogens (tertiary/aromatic N) is 5. The maximum absolute atomic E-state index is 5.78. The summed E-state index contributed by atoms with van der Waals surface area (Å²) in [7, 11) is 0. The number of aromatic nitrogens is 1. The van der Waals surface area contributed by atoms with Gasteiger partial charge in [-0.2, -0.15) is 15.3 Å². The van der Waals surface area contributed by atoms with Gasteiger partial charge in [-0.25, -0.2) is 4.98 Å². The Morgan fingerprint density at radius 3 is 2.04 bits per heavy atom. The van der Waals surface area contributed by atoms with Crippen LogP contribution < -0.4 is 11.5 Å². The third kappa shape index (κ3) is 5.08. The van der Waals surface area contributed by atoms with Crippen molar-refractivity contribution in [2.75, 3.05) is 11.5 Å². The Morgan fingerprint density at radius 2 is 1.33 bits per heavy atom. The molecule has 0 saturated carbocycles. The van der Waals surface area contributed by atoms with Crippen LogP contribution in [0, 0.1) is 13.8 Å². The number of hydrogen-bond donors (Lipinski definition) is 2. The molecule has 0 saturated heterocycles. The van der Waals surface area contributed by atoms with Gasteiger partial charge in [0.15, 0.2) is 5.82 Å². The summed E-state index contributed by atoms with van der Waals surface area (Å²) < 4.78 is 0. The van der Waals surface area contributed by atoms with E-state index in [9.17, 15) is 0 Å². The highest BCUT2D eigenvalue weighted by atomic mass is 35.5. The van der Waals surface area contributed by atoms with E-state index in [0.717, 1.165) is 28.2 Å². The first-order valence-corrected chi connectivity index (χ1v) is 8.05. The van der Waals surface area contributed by atoms with E-state index in [-0.39, 0.29) is 18.2 Å². The third-order valence-electron chi connectivity index (χ3n) is 3.76. The van der Waals surface area contributed by atoms with Crippen molar-refractivity contribution in [1.29, 1.82) is 0 Å². The van der Waals surface area contributed by atoms with Crippen LogP contribution in [0.25, 0.3) is 0 Å². The lowest BCUT2D eigenvalue weighted by Crippen LogP contribution is -1.95. The summed E-state index contributed by atoms with van der Waals surface area (Å²) in [4.78, 5) is 3.96. The lowest BCUT2D eigenvalue weighted by atomic mass is 10.2. The van der Waals surface area contributed by atoms with E-state index >= 15 is 0 Å². The summed E-state index contributed by atoms with van der Waals surface area (Å²) >= 11 is 0. The van der Waals surface area contributed by atoms with Crippen LogP contribution in [0.3, 0.4) is 0 Å². The molecule has 0 aliphatic carbocycles. The Hall–Kier alpha value is -3.32. The van der Waals surface area contributed by atoms with E-state index in [2.05, 4.69) is 25.4 Å². The normalized spacial score (nSPS) is 11.0. The Morgan fingerprint density at radius 1 is 0.704 bits per heavy atom. The van der Waals surface area contributed by atoms with Crippen molar-refractivity contribution in [2.45, 2.75) is 13.8 Å². The van der Waals surface area contributed by atoms with Crippen LogP contribution in [0.5, 0.6) is 0 Å². The van der Waals surface area contributed by atoms with Crippen LogP contribution in [0.4, 0.5) is 34.4 Å². The Bertz CT molecular complexity index is 999. The van der Waals surface area contributed by atoms with Gasteiger partial charge >= 0.3 is 0 Å². The summed E-state index contributed by atoms with van der Waals surface area (Å²) in [6.07, 6.45) is 0. The number of halogens is 1. The molecule has 3 aromatic rings. The highest BCUT2D eigenvalue weighted by Crippen LogP contribution is 2.29. The van der Waals surface area contributed by atoms with Gasteiger partial charge in [0.1, 0.15) is 11.5 Å². The molecule has 7 nitrogen and oxygen atoms in total. The van der Waals surface area contributed by atoms with Crippen molar-refractivity contribution >= 4 is 46.8 Å². The molecule has 0 fully saturated rings. The monoisotopic (exact) mass is 381 g/mol. The quantitative estimate of drug-likeness (QED) is 0.530. The van der Waals surface area contributed by atoms with Crippen LogP contribution in [0.15, 0.2) is 75.1 Å². The molecule has 4 N–H and O–H groups in total. The maximum atomic E-state index is 5.78. The molecule has 3 rings (SSSR count). The second-order valence-corrected chi connectivity index (χ2v) is 5.80. The Balaban J connectivity index is 0.00000261. The molecule has 0 atom stereocenters. The molecule has 1 heterocycles. The summed E-state index contributed by atoms with van der Waals surface area (Å²) in [6.45, 7) is 3.94. The molecular formula is C19H20ClN7. The molecule has 0 spiro atoms. The third-order valence-corrected chi connectivity index (χ3v) is 3.76. The highest BCUT2D eigenvalue weighted by Gasteiger charge is 2.02. The largest absolute Gasteiger partial charge is 0.384 e. The number of nitrogens with two attached hydrogens (primary N) is 2. The number of aryl methyl sites for hydroxylation is 2. The molecule has 0 radical (unpaired) electrons. The number of hydrogen-bond acceptors (Lipinski definition) is 7. The summed E-state index contributed by atoms with van der Waals surface area (Å²) in [5.41, 5.74) is 16.1. The number of rotatable bonds is 4. The average Bonchev–Trinajstić information content (AvgIpc) is 2.61. The summed E-state index contributed by atoms with van der Waals surface area (Å²) in [5.74, 6) is 0.594. The highest BCUT2D eigenvalue weighted by molar-refractivity contribution is 5.85. The molecule has 0 amide bonds. The smallest absolute Gasteiger partial charge is 0.153 e. The van der Waals surface area contributed by atoms with E-state index in [0.29, 0.717) is 11.5 Å². The van der Waals surface area contributed by atoms with Crippen LogP contribution in [0.2, 0.25) is 0 Å². The van der Waals surface area contributed by atoms with Crippen LogP contribution in [-0.2, 0) is 0 Å². The Kier molecular flexibility index (Phi) is 6.56. The number of anilines is 2. The predicted octanol–water partition coefficient (Wildman–Crippen LogP) is 6.12. The van der Waals surface area contributed by atoms with Crippen LogP contribution in [0.1, 0.15) is 11.1 Å². The van der Waals surface area contributed by atoms with Crippen molar-refractivity contribution < 1.29 is 0 Å². The molecule has 138 valence electrons. The van der Waals surface area contributed by atoms with E-state index in [1.165, 1.54) is 0 Å². The van der Waals surface area contributed by atoms with Crippen molar-refractivity contribution in [3.05, 3.63) is 65.7 Å². The van der Waals surface area contributed by atoms with Crippen molar-refractivity contribution in [2.24, 2.45) is 20.5 Å². The molecule has 27 heavy (non-hydrogen) atoms. The molecule has 0 aliphatic heterocycles. The molecule has 0 aliphatic rings. The van der Waals surface area contributed by atoms with Gasteiger partial charge in [-0.1, -0.05) is 18.2 Å². The van der Waals surface area contributed by atoms with Gasteiger partial charge in [0, 0.05) is 0 Å². The fraction of sp³-hybridized carbons (Fsp3) is 0.105. The minimum absolute atomic E-state index is 0. The zero-order valence-electron chi connectivity index (χ0n) is 15.0. The molecule has 1 aromatic heterocycles. The minimum atomic E-state index is 0. The molecule has 0 bridgehead atoms. The molecule has 8 heteroatoms. The van der Waals surface area contributed by atoms with Gasteiger partial charge < -0.3 is 11.5 Å². The summed E-state index contributed by atoms with van der Waals surface area (Å²) in [5, 5.41) is 17.0. The SMILES string of the molecule is Cc1ccccc1N=Nc1ccc(N=Nc2ccc(N)nc2N)c(C)c1.Cl. The van der Waals surface area contributed by atoms with E-state index in [1.54, 1.807) is 12.1 Å². The number of pyridine rings is 1. The van der Waals surface area contributed by atoms with E-state index < -0.39 is 0 Å². The first kappa shape index (κ1) is 20.0. The molecular weight excluding hydrogens is 362 g/mol. The lowest BCUT2D eigenvalue weighted by Gasteiger charge is -2.02. The zero-order valence-corrected chi connectivity index (χ0v) is 15.8. The second-order valence-electron chi connectivity index (χ2n) is 5.80. The van der Waals surface area contributed by atoms with Gasteiger partial charge in [-0.05, 0) is 61.4 Å². The van der Waals surface area contributed by atoms with Crippen molar-refractivity contribution in [1.82, 2.24) is 4.98 Å².